The van der Waals surface area contributed by atoms with Crippen molar-refractivity contribution in [3.05, 3.63) is 61.2 Å². The van der Waals surface area contributed by atoms with Gasteiger partial charge in [-0.05, 0) is 25.0 Å². The Hall–Kier alpha value is -2.69. The largest absolute Gasteiger partial charge is 0.357 e. The minimum Gasteiger partial charge on any atom is -0.357 e. The van der Waals surface area contributed by atoms with Crippen molar-refractivity contribution in [3.63, 3.8) is 0 Å². The third kappa shape index (κ3) is 3.08. The standard InChI is InChI=1S/C18H23N4O/c1-16(20-12-7-8-13-20)22(17-9-5-4-6-10-17)21-14-11-18(15-21)19(2)23-3/h4-6,9-11,14-15H,1-2,7-8,12-13H2,3H3/q+1. The van der Waals surface area contributed by atoms with Crippen LogP contribution in [-0.4, -0.2) is 41.2 Å². The molecule has 3 rings (SSSR count). The molecule has 0 atom stereocenters. The van der Waals surface area contributed by atoms with Crippen molar-refractivity contribution < 1.29 is 9.58 Å². The Bertz CT molecular complexity index is 686. The van der Waals surface area contributed by atoms with E-state index in [0.717, 1.165) is 30.3 Å². The molecule has 1 aliphatic heterocycles. The van der Waals surface area contributed by atoms with Crippen LogP contribution in [0.3, 0.4) is 0 Å². The molecule has 0 radical (unpaired) electrons. The first-order valence-electron chi connectivity index (χ1n) is 7.83. The average Bonchev–Trinajstić information content (AvgIpc) is 3.27. The second kappa shape index (κ2) is 6.60. The molecular weight excluding hydrogens is 288 g/mol. The lowest BCUT2D eigenvalue weighted by molar-refractivity contribution is -0.714. The third-order valence-electron chi connectivity index (χ3n) is 4.12. The van der Waals surface area contributed by atoms with Crippen molar-refractivity contribution in [2.45, 2.75) is 12.8 Å². The smallest absolute Gasteiger partial charge is 0.276 e. The highest BCUT2D eigenvalue weighted by atomic mass is 16.6. The van der Waals surface area contributed by atoms with Gasteiger partial charge in [0.25, 0.3) is 5.69 Å². The van der Waals surface area contributed by atoms with Crippen LogP contribution in [0.2, 0.25) is 0 Å². The minimum atomic E-state index is 0.877. The number of hydrogen-bond acceptors (Lipinski definition) is 3. The maximum absolute atomic E-state index is 5.15. The number of aromatic nitrogens is 1. The van der Waals surface area contributed by atoms with Gasteiger partial charge in [-0.1, -0.05) is 24.8 Å². The first-order valence-corrected chi connectivity index (χ1v) is 7.83. The maximum atomic E-state index is 5.15. The van der Waals surface area contributed by atoms with E-state index in [9.17, 15) is 0 Å². The van der Waals surface area contributed by atoms with Crippen molar-refractivity contribution in [2.24, 2.45) is 0 Å². The Labute approximate surface area is 137 Å². The van der Waals surface area contributed by atoms with E-state index in [1.165, 1.54) is 17.6 Å². The molecule has 0 bridgehead atoms. The van der Waals surface area contributed by atoms with Crippen LogP contribution < -0.4 is 5.01 Å². The number of benzene rings is 1. The second-order valence-corrected chi connectivity index (χ2v) is 5.57. The molecule has 5 nitrogen and oxygen atoms in total. The van der Waals surface area contributed by atoms with Crippen LogP contribution in [0.5, 0.6) is 0 Å². The number of likely N-dealkylation sites (tertiary alicyclic amines) is 1. The normalized spacial score (nSPS) is 13.9. The van der Waals surface area contributed by atoms with Crippen LogP contribution in [0.1, 0.15) is 12.8 Å². The zero-order valence-electron chi connectivity index (χ0n) is 13.6. The summed E-state index contributed by atoms with van der Waals surface area (Å²) in [6.45, 7) is 10.3. The molecule has 0 unspecified atom stereocenters. The molecule has 2 aromatic rings. The lowest BCUT2D eigenvalue weighted by atomic mass is 10.3. The lowest BCUT2D eigenvalue weighted by Crippen LogP contribution is -2.36. The van der Waals surface area contributed by atoms with Crippen LogP contribution in [0, 0.1) is 0 Å². The quantitative estimate of drug-likeness (QED) is 0.465. The van der Waals surface area contributed by atoms with Crippen molar-refractivity contribution in [3.8, 4) is 0 Å². The van der Waals surface area contributed by atoms with Gasteiger partial charge in [-0.15, -0.1) is 0 Å². The van der Waals surface area contributed by atoms with Crippen molar-refractivity contribution in [1.29, 1.82) is 0 Å². The van der Waals surface area contributed by atoms with Gasteiger partial charge in [0.15, 0.2) is 6.72 Å². The van der Waals surface area contributed by atoms with E-state index >= 15 is 0 Å². The summed E-state index contributed by atoms with van der Waals surface area (Å²) in [5, 5.41) is 2.11. The average molecular weight is 311 g/mol. The topological polar surface area (TPSA) is 23.6 Å². The van der Waals surface area contributed by atoms with E-state index in [2.05, 4.69) is 35.3 Å². The molecule has 1 aromatic carbocycles. The van der Waals surface area contributed by atoms with Crippen LogP contribution in [0.15, 0.2) is 61.2 Å². The summed E-state index contributed by atoms with van der Waals surface area (Å²) in [6.07, 6.45) is 6.40. The molecule has 23 heavy (non-hydrogen) atoms. The van der Waals surface area contributed by atoms with Gasteiger partial charge in [0.05, 0.1) is 5.69 Å². The molecule has 1 aliphatic rings. The minimum absolute atomic E-state index is 0.877. The molecule has 2 heterocycles. The summed E-state index contributed by atoms with van der Waals surface area (Å²) in [4.78, 5) is 7.48. The Morgan fingerprint density at radius 2 is 1.87 bits per heavy atom. The monoisotopic (exact) mass is 311 g/mol. The summed E-state index contributed by atoms with van der Waals surface area (Å²) in [5.74, 6) is 0.976. The molecule has 120 valence electrons. The lowest BCUT2D eigenvalue weighted by Gasteiger charge is -2.33. The molecule has 0 saturated carbocycles. The van der Waals surface area contributed by atoms with Crippen molar-refractivity contribution in [2.75, 3.05) is 25.2 Å². The van der Waals surface area contributed by atoms with Gasteiger partial charge in [0.1, 0.15) is 19.1 Å². The Kier molecular flexibility index (Phi) is 4.37. The number of hydrogen-bond donors (Lipinski definition) is 0. The van der Waals surface area contributed by atoms with Gasteiger partial charge in [-0.3, -0.25) is 9.51 Å². The Morgan fingerprint density at radius 3 is 2.52 bits per heavy atom. The van der Waals surface area contributed by atoms with Gasteiger partial charge in [-0.25, -0.2) is 5.01 Å². The van der Waals surface area contributed by atoms with E-state index in [1.54, 1.807) is 7.11 Å². The fourth-order valence-electron chi connectivity index (χ4n) is 2.85. The molecule has 1 aromatic heterocycles. The van der Waals surface area contributed by atoms with E-state index in [1.807, 2.05) is 41.3 Å². The maximum Gasteiger partial charge on any atom is 0.276 e. The summed E-state index contributed by atoms with van der Waals surface area (Å²) < 4.78 is 3.50. The Balaban J connectivity index is 1.96. The highest BCUT2D eigenvalue weighted by Gasteiger charge is 2.22. The molecule has 0 amide bonds. The number of nitrogens with zero attached hydrogens (tertiary/aromatic N) is 4. The summed E-state index contributed by atoms with van der Waals surface area (Å²) in [5.41, 5.74) is 1.95. The first kappa shape index (κ1) is 15.2. The fourth-order valence-corrected chi connectivity index (χ4v) is 2.85. The van der Waals surface area contributed by atoms with Crippen LogP contribution in [0.4, 0.5) is 11.4 Å². The molecule has 5 heteroatoms. The van der Waals surface area contributed by atoms with E-state index < -0.39 is 0 Å². The number of anilines is 1. The molecular formula is C18H23N4O+. The van der Waals surface area contributed by atoms with Crippen LogP contribution >= 0.6 is 0 Å². The molecule has 1 fully saturated rings. The number of rotatable bonds is 6. The van der Waals surface area contributed by atoms with Crippen molar-refractivity contribution >= 4 is 18.1 Å². The first-order chi connectivity index (χ1) is 11.2. The molecule has 0 aliphatic carbocycles. The van der Waals surface area contributed by atoms with Gasteiger partial charge in [0, 0.05) is 30.1 Å². The Morgan fingerprint density at radius 1 is 1.17 bits per heavy atom. The van der Waals surface area contributed by atoms with Gasteiger partial charge < -0.3 is 4.90 Å². The predicted molar refractivity (Wildman–Crippen MR) is 92.7 cm³/mol. The summed E-state index contributed by atoms with van der Waals surface area (Å²) in [7, 11) is 1.60. The van der Waals surface area contributed by atoms with Gasteiger partial charge in [-0.2, -0.15) is 0 Å². The van der Waals surface area contributed by atoms with Crippen molar-refractivity contribution in [1.82, 2.24) is 9.58 Å². The summed E-state index contributed by atoms with van der Waals surface area (Å²) in [6, 6.07) is 12.2. The highest BCUT2D eigenvalue weighted by molar-refractivity contribution is 5.51. The molecule has 1 saturated heterocycles. The van der Waals surface area contributed by atoms with E-state index in [-0.39, 0.29) is 0 Å². The third-order valence-corrected chi connectivity index (χ3v) is 4.12. The predicted octanol–water partition coefficient (Wildman–Crippen LogP) is 3.23. The van der Waals surface area contributed by atoms with Gasteiger partial charge >= 0.3 is 0 Å². The van der Waals surface area contributed by atoms with E-state index in [0.29, 0.717) is 0 Å². The fraction of sp³-hybridized carbons (Fsp3) is 0.278. The van der Waals surface area contributed by atoms with Crippen LogP contribution in [-0.2, 0) is 4.84 Å². The SMILES string of the molecule is C=C(N1CCCC1)N(c1ccccc1)n1ccc([N+](=C)OC)c1. The van der Waals surface area contributed by atoms with Gasteiger partial charge in [0.2, 0.25) is 0 Å². The highest BCUT2D eigenvalue weighted by Crippen LogP contribution is 2.25. The zero-order chi connectivity index (χ0) is 16.2. The number of para-hydroxylation sites is 1. The molecule has 0 spiro atoms. The van der Waals surface area contributed by atoms with E-state index in [4.69, 9.17) is 4.84 Å². The summed E-state index contributed by atoms with van der Waals surface area (Å²) >= 11 is 0. The van der Waals surface area contributed by atoms with Crippen LogP contribution in [0.25, 0.3) is 0 Å². The molecule has 0 N–H and O–H groups in total. The second-order valence-electron chi connectivity index (χ2n) is 5.57. The zero-order valence-corrected chi connectivity index (χ0v) is 13.6.